The number of piperidine rings is 1. The predicted molar refractivity (Wildman–Crippen MR) is 110 cm³/mol. The van der Waals surface area contributed by atoms with Gasteiger partial charge in [0, 0.05) is 13.1 Å². The highest BCUT2D eigenvalue weighted by Gasteiger charge is 2.31. The summed E-state index contributed by atoms with van der Waals surface area (Å²) in [7, 11) is 0. The van der Waals surface area contributed by atoms with E-state index in [2.05, 4.69) is 10.1 Å². The summed E-state index contributed by atoms with van der Waals surface area (Å²) in [5.74, 6) is -0.407. The van der Waals surface area contributed by atoms with Gasteiger partial charge in [-0.05, 0) is 55.5 Å². The average molecular weight is 428 g/mol. The lowest BCUT2D eigenvalue weighted by Gasteiger charge is -2.30. The molecule has 1 aliphatic heterocycles. The first-order valence-corrected chi connectivity index (χ1v) is 10.7. The van der Waals surface area contributed by atoms with Crippen molar-refractivity contribution in [3.8, 4) is 16.4 Å². The maximum Gasteiger partial charge on any atom is 0.309 e. The molecule has 9 heteroatoms. The molecule has 0 bridgehead atoms. The number of hydrogen-bond acceptors (Lipinski definition) is 6. The number of rotatable bonds is 5. The molecule has 0 radical (unpaired) electrons. The van der Waals surface area contributed by atoms with Gasteiger partial charge in [-0.25, -0.2) is 14.1 Å². The molecule has 1 aliphatic rings. The van der Waals surface area contributed by atoms with Crippen LogP contribution in [-0.2, 0) is 9.53 Å². The highest BCUT2D eigenvalue weighted by Crippen LogP contribution is 2.27. The second kappa shape index (κ2) is 8.74. The number of halogens is 1. The Bertz CT molecular complexity index is 1030. The number of carbonyl (C=O) groups is 2. The van der Waals surface area contributed by atoms with Crippen LogP contribution in [0.1, 0.15) is 30.4 Å². The lowest BCUT2D eigenvalue weighted by molar-refractivity contribution is -0.149. The largest absolute Gasteiger partial charge is 0.466 e. The van der Waals surface area contributed by atoms with E-state index in [1.807, 2.05) is 17.5 Å². The zero-order valence-electron chi connectivity index (χ0n) is 16.5. The fourth-order valence-corrected chi connectivity index (χ4v) is 4.15. The Kier molecular flexibility index (Phi) is 5.89. The lowest BCUT2D eigenvalue weighted by atomic mass is 9.97. The third-order valence-electron chi connectivity index (χ3n) is 5.01. The average Bonchev–Trinajstić information content (AvgIpc) is 3.44. The van der Waals surface area contributed by atoms with Gasteiger partial charge in [0.2, 0.25) is 5.82 Å². The SMILES string of the molecule is CCOC(=O)C1CCN(C(=O)c2nc(-c3cccs3)n(-c3ccc(F)cc3)n2)CC1. The minimum Gasteiger partial charge on any atom is -0.466 e. The van der Waals surface area contributed by atoms with Crippen molar-refractivity contribution in [2.75, 3.05) is 19.7 Å². The summed E-state index contributed by atoms with van der Waals surface area (Å²) in [6, 6.07) is 9.67. The Balaban J connectivity index is 1.57. The Morgan fingerprint density at radius 3 is 2.57 bits per heavy atom. The highest BCUT2D eigenvalue weighted by atomic mass is 32.1. The van der Waals surface area contributed by atoms with Gasteiger partial charge in [0.1, 0.15) is 5.82 Å². The van der Waals surface area contributed by atoms with Crippen LogP contribution in [0.2, 0.25) is 0 Å². The molecule has 2 aromatic heterocycles. The van der Waals surface area contributed by atoms with Gasteiger partial charge < -0.3 is 9.64 Å². The molecular formula is C21H21FN4O3S. The minimum absolute atomic E-state index is 0.0808. The van der Waals surface area contributed by atoms with Crippen LogP contribution in [0, 0.1) is 11.7 Å². The van der Waals surface area contributed by atoms with Crippen molar-refractivity contribution in [3.05, 3.63) is 53.4 Å². The van der Waals surface area contributed by atoms with Crippen LogP contribution in [0.15, 0.2) is 41.8 Å². The standard InChI is InChI=1S/C21H21FN4O3S/c1-2-29-21(28)14-9-11-25(12-10-14)20(27)18-23-19(17-4-3-13-30-17)26(24-18)16-7-5-15(22)6-8-16/h3-8,13-14H,2,9-12H2,1H3. The van der Waals surface area contributed by atoms with Crippen molar-refractivity contribution in [3.63, 3.8) is 0 Å². The van der Waals surface area contributed by atoms with Crippen molar-refractivity contribution in [1.82, 2.24) is 19.7 Å². The molecule has 1 amide bonds. The second-order valence-corrected chi connectivity index (χ2v) is 7.89. The number of likely N-dealkylation sites (tertiary alicyclic amines) is 1. The number of carbonyl (C=O) groups excluding carboxylic acids is 2. The summed E-state index contributed by atoms with van der Waals surface area (Å²) >= 11 is 1.48. The number of amides is 1. The summed E-state index contributed by atoms with van der Waals surface area (Å²) < 4.78 is 20.0. The summed E-state index contributed by atoms with van der Waals surface area (Å²) in [6.07, 6.45) is 1.11. The van der Waals surface area contributed by atoms with E-state index in [1.54, 1.807) is 28.6 Å². The van der Waals surface area contributed by atoms with Gasteiger partial charge in [-0.15, -0.1) is 16.4 Å². The fraction of sp³-hybridized carbons (Fsp3) is 0.333. The molecule has 0 spiro atoms. The van der Waals surface area contributed by atoms with Gasteiger partial charge in [0.25, 0.3) is 5.91 Å². The van der Waals surface area contributed by atoms with Crippen LogP contribution >= 0.6 is 11.3 Å². The van der Waals surface area contributed by atoms with Crippen LogP contribution < -0.4 is 0 Å². The number of benzene rings is 1. The second-order valence-electron chi connectivity index (χ2n) is 6.94. The summed E-state index contributed by atoms with van der Waals surface area (Å²) in [5.41, 5.74) is 0.618. The molecule has 30 heavy (non-hydrogen) atoms. The minimum atomic E-state index is -0.350. The molecule has 1 aromatic carbocycles. The molecule has 0 unspecified atom stereocenters. The van der Waals surface area contributed by atoms with Crippen LogP contribution in [0.5, 0.6) is 0 Å². The van der Waals surface area contributed by atoms with Crippen molar-refractivity contribution >= 4 is 23.2 Å². The number of ether oxygens (including phenoxy) is 1. The third kappa shape index (κ3) is 4.11. The van der Waals surface area contributed by atoms with Gasteiger partial charge in [-0.2, -0.15) is 0 Å². The van der Waals surface area contributed by atoms with E-state index < -0.39 is 0 Å². The quantitative estimate of drug-likeness (QED) is 0.581. The number of aromatic nitrogens is 3. The fourth-order valence-electron chi connectivity index (χ4n) is 3.45. The maximum absolute atomic E-state index is 13.4. The van der Waals surface area contributed by atoms with E-state index in [9.17, 15) is 14.0 Å². The zero-order valence-corrected chi connectivity index (χ0v) is 17.3. The molecule has 4 rings (SSSR count). The van der Waals surface area contributed by atoms with Gasteiger partial charge in [0.05, 0.1) is 23.1 Å². The number of nitrogens with zero attached hydrogens (tertiary/aromatic N) is 4. The summed E-state index contributed by atoms with van der Waals surface area (Å²) in [4.78, 5) is 32.0. The lowest BCUT2D eigenvalue weighted by Crippen LogP contribution is -2.41. The molecule has 0 saturated carbocycles. The number of thiophene rings is 1. The van der Waals surface area contributed by atoms with E-state index in [0.717, 1.165) is 4.88 Å². The third-order valence-corrected chi connectivity index (χ3v) is 5.88. The summed E-state index contributed by atoms with van der Waals surface area (Å²) in [5, 5.41) is 6.35. The van der Waals surface area contributed by atoms with E-state index in [4.69, 9.17) is 4.74 Å². The van der Waals surface area contributed by atoms with E-state index in [-0.39, 0.29) is 29.4 Å². The van der Waals surface area contributed by atoms with Crippen LogP contribution in [0.4, 0.5) is 4.39 Å². The topological polar surface area (TPSA) is 77.3 Å². The highest BCUT2D eigenvalue weighted by molar-refractivity contribution is 7.13. The first-order chi connectivity index (χ1) is 14.6. The maximum atomic E-state index is 13.4. The van der Waals surface area contributed by atoms with Crippen LogP contribution in [0.25, 0.3) is 16.4 Å². The van der Waals surface area contributed by atoms with Gasteiger partial charge >= 0.3 is 5.97 Å². The first-order valence-electron chi connectivity index (χ1n) is 9.79. The molecule has 3 aromatic rings. The molecule has 0 N–H and O–H groups in total. The van der Waals surface area contributed by atoms with E-state index >= 15 is 0 Å². The first kappa shape index (κ1) is 20.2. The molecule has 0 aliphatic carbocycles. The Labute approximate surface area is 177 Å². The van der Waals surface area contributed by atoms with Gasteiger partial charge in [-0.1, -0.05) is 6.07 Å². The molecule has 7 nitrogen and oxygen atoms in total. The van der Waals surface area contributed by atoms with Gasteiger partial charge in [-0.3, -0.25) is 9.59 Å². The monoisotopic (exact) mass is 428 g/mol. The Morgan fingerprint density at radius 1 is 1.20 bits per heavy atom. The van der Waals surface area contributed by atoms with E-state index in [0.29, 0.717) is 44.0 Å². The van der Waals surface area contributed by atoms with Crippen molar-refractivity contribution in [2.24, 2.45) is 5.92 Å². The Morgan fingerprint density at radius 2 is 1.93 bits per heavy atom. The number of esters is 1. The van der Waals surface area contributed by atoms with Gasteiger partial charge in [0.15, 0.2) is 5.82 Å². The van der Waals surface area contributed by atoms with Crippen LogP contribution in [-0.4, -0.2) is 51.2 Å². The van der Waals surface area contributed by atoms with Crippen molar-refractivity contribution in [1.29, 1.82) is 0 Å². The van der Waals surface area contributed by atoms with E-state index in [1.165, 1.54) is 23.5 Å². The summed E-state index contributed by atoms with van der Waals surface area (Å²) in [6.45, 7) is 3.03. The molecule has 0 atom stereocenters. The molecule has 156 valence electrons. The predicted octanol–water partition coefficient (Wildman–Crippen LogP) is 3.55. The number of hydrogen-bond donors (Lipinski definition) is 0. The Hall–Kier alpha value is -3.07. The molecular weight excluding hydrogens is 407 g/mol. The molecule has 1 saturated heterocycles. The molecule has 1 fully saturated rings. The molecule has 3 heterocycles. The van der Waals surface area contributed by atoms with Crippen molar-refractivity contribution < 1.29 is 18.7 Å². The smallest absolute Gasteiger partial charge is 0.309 e. The van der Waals surface area contributed by atoms with Crippen LogP contribution in [0.3, 0.4) is 0 Å². The zero-order chi connectivity index (χ0) is 21.1. The van der Waals surface area contributed by atoms with Crippen molar-refractivity contribution in [2.45, 2.75) is 19.8 Å². The normalized spacial score (nSPS) is 14.7.